The number of benzene rings is 2. The number of anilines is 1. The van der Waals surface area contributed by atoms with Gasteiger partial charge in [0.1, 0.15) is 11.4 Å². The molecule has 6 nitrogen and oxygen atoms in total. The third-order valence-electron chi connectivity index (χ3n) is 5.46. The molecule has 2 N–H and O–H groups in total. The summed E-state index contributed by atoms with van der Waals surface area (Å²) in [6, 6.07) is 10.6. The number of aromatic hydroxyl groups is 1. The molecule has 164 valence electrons. The van der Waals surface area contributed by atoms with Crippen LogP contribution in [0.4, 0.5) is 19.0 Å². The fourth-order valence-corrected chi connectivity index (χ4v) is 3.75. The maximum Gasteiger partial charge on any atom is 0.416 e. The van der Waals surface area contributed by atoms with E-state index in [-0.39, 0.29) is 5.56 Å². The summed E-state index contributed by atoms with van der Waals surface area (Å²) in [5.41, 5.74) is -0.388. The number of hydrogen-bond donors (Lipinski definition) is 2. The third kappa shape index (κ3) is 4.57. The molecule has 1 atom stereocenters. The van der Waals surface area contributed by atoms with Crippen LogP contribution in [0.1, 0.15) is 12.5 Å². The Morgan fingerprint density at radius 2 is 1.94 bits per heavy atom. The number of hydrogen-bond acceptors (Lipinski definition) is 6. The van der Waals surface area contributed by atoms with Crippen molar-refractivity contribution < 1.29 is 23.0 Å². The van der Waals surface area contributed by atoms with Crippen LogP contribution in [0.25, 0.3) is 22.0 Å². The van der Waals surface area contributed by atoms with E-state index in [4.69, 9.17) is 4.74 Å². The SMILES string of the molecule is C[C@@H]1COCCN1CCNc1nnc(-c2ccc(C(F)(F)F)cc2O)c2ccccc12. The van der Waals surface area contributed by atoms with Crippen LogP contribution in [0.2, 0.25) is 0 Å². The van der Waals surface area contributed by atoms with Gasteiger partial charge in [-0.25, -0.2) is 0 Å². The zero-order valence-corrected chi connectivity index (χ0v) is 17.0. The van der Waals surface area contributed by atoms with Gasteiger partial charge in [0.05, 0.1) is 18.8 Å². The maximum absolute atomic E-state index is 12.9. The number of rotatable bonds is 5. The second-order valence-corrected chi connectivity index (χ2v) is 7.56. The average molecular weight is 432 g/mol. The number of nitrogens with zero attached hydrogens (tertiary/aromatic N) is 3. The zero-order valence-electron chi connectivity index (χ0n) is 17.0. The van der Waals surface area contributed by atoms with E-state index in [9.17, 15) is 18.3 Å². The van der Waals surface area contributed by atoms with Crippen molar-refractivity contribution in [2.75, 3.05) is 38.2 Å². The Hall–Kier alpha value is -2.91. The highest BCUT2D eigenvalue weighted by molar-refractivity contribution is 6.00. The lowest BCUT2D eigenvalue weighted by Crippen LogP contribution is -2.45. The number of aromatic nitrogens is 2. The molecule has 0 amide bonds. The molecule has 3 aromatic rings. The van der Waals surface area contributed by atoms with E-state index < -0.39 is 17.5 Å². The molecule has 31 heavy (non-hydrogen) atoms. The molecule has 0 saturated carbocycles. The van der Waals surface area contributed by atoms with E-state index >= 15 is 0 Å². The monoisotopic (exact) mass is 432 g/mol. The first kappa shape index (κ1) is 21.3. The Kier molecular flexibility index (Phi) is 5.97. The lowest BCUT2D eigenvalue weighted by atomic mass is 10.0. The smallest absolute Gasteiger partial charge is 0.416 e. The summed E-state index contributed by atoms with van der Waals surface area (Å²) < 4.78 is 44.2. The van der Waals surface area contributed by atoms with Crippen LogP contribution in [0.5, 0.6) is 5.75 Å². The number of halogens is 3. The van der Waals surface area contributed by atoms with E-state index in [1.165, 1.54) is 6.07 Å². The van der Waals surface area contributed by atoms with E-state index in [0.29, 0.717) is 42.2 Å². The van der Waals surface area contributed by atoms with Gasteiger partial charge in [0.2, 0.25) is 0 Å². The molecule has 1 saturated heterocycles. The standard InChI is InChI=1S/C22H23F3N4O2/c1-14-13-31-11-10-29(14)9-8-26-21-17-5-3-2-4-16(17)20(27-28-21)18-7-6-15(12-19(18)30)22(23,24)25/h2-7,12,14,30H,8-11,13H2,1H3,(H,26,28)/t14-/m1/s1. The number of morpholine rings is 1. The van der Waals surface area contributed by atoms with Crippen molar-refractivity contribution in [2.24, 2.45) is 0 Å². The molecule has 0 bridgehead atoms. The first-order valence-corrected chi connectivity index (χ1v) is 10.1. The van der Waals surface area contributed by atoms with Crippen molar-refractivity contribution in [3.8, 4) is 17.0 Å². The van der Waals surface area contributed by atoms with Gasteiger partial charge in [-0.1, -0.05) is 24.3 Å². The van der Waals surface area contributed by atoms with Crippen LogP contribution < -0.4 is 5.32 Å². The minimum Gasteiger partial charge on any atom is -0.507 e. The van der Waals surface area contributed by atoms with Gasteiger partial charge >= 0.3 is 6.18 Å². The van der Waals surface area contributed by atoms with Crippen molar-refractivity contribution in [3.05, 3.63) is 48.0 Å². The van der Waals surface area contributed by atoms with Crippen LogP contribution in [-0.4, -0.2) is 59.1 Å². The van der Waals surface area contributed by atoms with Gasteiger partial charge in [-0.3, -0.25) is 4.90 Å². The molecule has 0 spiro atoms. The van der Waals surface area contributed by atoms with Gasteiger partial charge in [-0.15, -0.1) is 10.2 Å². The number of phenols is 1. The normalized spacial score (nSPS) is 17.7. The van der Waals surface area contributed by atoms with E-state index in [1.54, 1.807) is 0 Å². The number of fused-ring (bicyclic) bond motifs is 1. The van der Waals surface area contributed by atoms with Crippen LogP contribution in [-0.2, 0) is 10.9 Å². The molecule has 2 heterocycles. The number of ether oxygens (including phenoxy) is 1. The molecular weight excluding hydrogens is 409 g/mol. The maximum atomic E-state index is 12.9. The minimum atomic E-state index is -4.53. The second kappa shape index (κ2) is 8.68. The Balaban J connectivity index is 1.60. The summed E-state index contributed by atoms with van der Waals surface area (Å²) in [6.07, 6.45) is -4.53. The largest absolute Gasteiger partial charge is 0.507 e. The van der Waals surface area contributed by atoms with Gasteiger partial charge in [0, 0.05) is 42.0 Å². The Morgan fingerprint density at radius 1 is 1.16 bits per heavy atom. The van der Waals surface area contributed by atoms with E-state index in [1.807, 2.05) is 24.3 Å². The summed E-state index contributed by atoms with van der Waals surface area (Å²) >= 11 is 0. The first-order valence-electron chi connectivity index (χ1n) is 10.1. The molecule has 1 fully saturated rings. The zero-order chi connectivity index (χ0) is 22.0. The highest BCUT2D eigenvalue weighted by Crippen LogP contribution is 2.38. The Labute approximate surface area is 177 Å². The fraction of sp³-hybridized carbons (Fsp3) is 0.364. The molecule has 9 heteroatoms. The molecule has 1 aliphatic heterocycles. The quantitative estimate of drug-likeness (QED) is 0.631. The molecule has 1 aliphatic rings. The summed E-state index contributed by atoms with van der Waals surface area (Å²) in [6.45, 7) is 5.92. The predicted molar refractivity (Wildman–Crippen MR) is 112 cm³/mol. The van der Waals surface area contributed by atoms with E-state index in [0.717, 1.165) is 31.1 Å². The number of alkyl halides is 3. The molecule has 0 aliphatic carbocycles. The van der Waals surface area contributed by atoms with Crippen molar-refractivity contribution in [1.82, 2.24) is 15.1 Å². The average Bonchev–Trinajstić information content (AvgIpc) is 2.75. The Bertz CT molecular complexity index is 1070. The highest BCUT2D eigenvalue weighted by atomic mass is 19.4. The van der Waals surface area contributed by atoms with Gasteiger partial charge in [-0.05, 0) is 25.1 Å². The third-order valence-corrected chi connectivity index (χ3v) is 5.46. The minimum absolute atomic E-state index is 0.199. The van der Waals surface area contributed by atoms with Crippen LogP contribution in [0.3, 0.4) is 0 Å². The summed E-state index contributed by atoms with van der Waals surface area (Å²) in [5.74, 6) is 0.1000. The van der Waals surface area contributed by atoms with Crippen LogP contribution in [0.15, 0.2) is 42.5 Å². The fourth-order valence-electron chi connectivity index (χ4n) is 3.75. The lowest BCUT2D eigenvalue weighted by molar-refractivity contribution is -0.137. The number of nitrogens with one attached hydrogen (secondary N) is 1. The van der Waals surface area contributed by atoms with Crippen molar-refractivity contribution in [3.63, 3.8) is 0 Å². The summed E-state index contributed by atoms with van der Waals surface area (Å²) in [5, 5.41) is 23.5. The summed E-state index contributed by atoms with van der Waals surface area (Å²) in [4.78, 5) is 2.33. The molecule has 0 unspecified atom stereocenters. The first-order chi connectivity index (χ1) is 14.8. The van der Waals surface area contributed by atoms with Gasteiger partial charge < -0.3 is 15.2 Å². The van der Waals surface area contributed by atoms with Crippen molar-refractivity contribution in [1.29, 1.82) is 0 Å². The van der Waals surface area contributed by atoms with Crippen molar-refractivity contribution >= 4 is 16.6 Å². The molecule has 0 radical (unpaired) electrons. The highest BCUT2D eigenvalue weighted by Gasteiger charge is 2.31. The second-order valence-electron chi connectivity index (χ2n) is 7.56. The van der Waals surface area contributed by atoms with Crippen LogP contribution >= 0.6 is 0 Å². The molecule has 1 aromatic heterocycles. The topological polar surface area (TPSA) is 70.5 Å². The van der Waals surface area contributed by atoms with Gasteiger partial charge in [0.25, 0.3) is 0 Å². The molecular formula is C22H23F3N4O2. The summed E-state index contributed by atoms with van der Waals surface area (Å²) in [7, 11) is 0. The number of phenolic OH excluding ortho intramolecular Hbond substituents is 1. The Morgan fingerprint density at radius 3 is 2.65 bits per heavy atom. The lowest BCUT2D eigenvalue weighted by Gasteiger charge is -2.33. The van der Waals surface area contributed by atoms with Gasteiger partial charge in [-0.2, -0.15) is 13.2 Å². The van der Waals surface area contributed by atoms with E-state index in [2.05, 4.69) is 27.3 Å². The van der Waals surface area contributed by atoms with Crippen LogP contribution in [0, 0.1) is 0 Å². The predicted octanol–water partition coefficient (Wildman–Crippen LogP) is 4.15. The molecule has 4 rings (SSSR count). The van der Waals surface area contributed by atoms with Gasteiger partial charge in [0.15, 0.2) is 5.82 Å². The van der Waals surface area contributed by atoms with Crippen molar-refractivity contribution in [2.45, 2.75) is 19.1 Å². The molecule has 2 aromatic carbocycles.